The number of hydrogen-bond donors (Lipinski definition) is 1. The number of aromatic nitrogens is 1. The van der Waals surface area contributed by atoms with E-state index in [0.29, 0.717) is 17.5 Å². The lowest BCUT2D eigenvalue weighted by Crippen LogP contribution is -2.62. The van der Waals surface area contributed by atoms with Crippen molar-refractivity contribution in [1.29, 1.82) is 0 Å². The van der Waals surface area contributed by atoms with E-state index in [-0.39, 0.29) is 5.60 Å². The molecular weight excluding hydrogens is 314 g/mol. The molecule has 5 heteroatoms. The van der Waals surface area contributed by atoms with Gasteiger partial charge in [-0.2, -0.15) is 0 Å². The average molecular weight is 343 g/mol. The van der Waals surface area contributed by atoms with Gasteiger partial charge in [-0.1, -0.05) is 13.3 Å². The maximum Gasteiger partial charge on any atom is 0.267 e. The Morgan fingerprint density at radius 3 is 2.52 bits per heavy atom. The average Bonchev–Trinajstić information content (AvgIpc) is 2.59. The van der Waals surface area contributed by atoms with E-state index in [1.807, 2.05) is 19.2 Å². The standard InChI is InChI=1S/C20H29N3O2/c1-13-6-7-18(13)23-11-15-4-3-5-16(12-23)20(15,25-2)14-8-9-22-17(10-14)19(21)24/h8-10,13,15-16,18H,3-7,11-12H2,1-2H3,(H2,21,24)/t13-,15-,16+,18-,20?/m0/s1. The number of nitrogens with two attached hydrogens (primary N) is 1. The molecule has 4 rings (SSSR count). The van der Waals surface area contributed by atoms with E-state index in [2.05, 4.69) is 16.8 Å². The predicted molar refractivity (Wildman–Crippen MR) is 96.0 cm³/mol. The number of fused-ring (bicyclic) bond motifs is 2. The summed E-state index contributed by atoms with van der Waals surface area (Å²) in [5.41, 5.74) is 6.57. The fourth-order valence-electron chi connectivity index (χ4n) is 5.66. The fourth-order valence-corrected chi connectivity index (χ4v) is 5.66. The summed E-state index contributed by atoms with van der Waals surface area (Å²) in [5.74, 6) is 1.26. The van der Waals surface area contributed by atoms with E-state index in [1.54, 1.807) is 6.20 Å². The van der Waals surface area contributed by atoms with Gasteiger partial charge in [0, 0.05) is 44.3 Å². The van der Waals surface area contributed by atoms with Crippen LogP contribution in [-0.4, -0.2) is 42.0 Å². The zero-order chi connectivity index (χ0) is 17.6. The SMILES string of the molecule is COC1(c2ccnc(C(N)=O)c2)[C@@H]2CCC[C@H]1CN([C@H]1CC[C@@H]1C)C2. The van der Waals surface area contributed by atoms with Crippen LogP contribution in [0.3, 0.4) is 0 Å². The van der Waals surface area contributed by atoms with Crippen LogP contribution in [0.25, 0.3) is 0 Å². The second-order valence-corrected chi connectivity index (χ2v) is 8.19. The first-order valence-electron chi connectivity index (χ1n) is 9.61. The van der Waals surface area contributed by atoms with Gasteiger partial charge in [0.15, 0.2) is 0 Å². The first kappa shape index (κ1) is 17.0. The maximum absolute atomic E-state index is 11.6. The fraction of sp³-hybridized carbons (Fsp3) is 0.700. The van der Waals surface area contributed by atoms with Crippen molar-refractivity contribution in [3.05, 3.63) is 29.6 Å². The zero-order valence-corrected chi connectivity index (χ0v) is 15.3. The van der Waals surface area contributed by atoms with Gasteiger partial charge in [0.05, 0.1) is 0 Å². The van der Waals surface area contributed by atoms with Crippen LogP contribution in [-0.2, 0) is 10.3 Å². The number of carbonyl (C=O) groups is 1. The minimum Gasteiger partial charge on any atom is -0.373 e. The molecule has 2 heterocycles. The van der Waals surface area contributed by atoms with E-state index in [4.69, 9.17) is 10.5 Å². The van der Waals surface area contributed by atoms with Gasteiger partial charge in [-0.25, -0.2) is 0 Å². The van der Waals surface area contributed by atoms with Gasteiger partial charge in [0.2, 0.25) is 0 Å². The molecule has 1 aliphatic heterocycles. The first-order valence-corrected chi connectivity index (χ1v) is 9.61. The summed E-state index contributed by atoms with van der Waals surface area (Å²) in [6.07, 6.45) is 8.01. The number of carbonyl (C=O) groups excluding carboxylic acids is 1. The van der Waals surface area contributed by atoms with Crippen LogP contribution >= 0.6 is 0 Å². The second kappa shape index (κ2) is 6.36. The Kier molecular flexibility index (Phi) is 4.32. The summed E-state index contributed by atoms with van der Waals surface area (Å²) in [6, 6.07) is 4.62. The molecule has 1 aromatic heterocycles. The van der Waals surface area contributed by atoms with Gasteiger partial charge in [0.25, 0.3) is 5.91 Å². The summed E-state index contributed by atoms with van der Waals surface area (Å²) >= 11 is 0. The van der Waals surface area contributed by atoms with Crippen molar-refractivity contribution in [2.75, 3.05) is 20.2 Å². The predicted octanol–water partition coefficient (Wildman–Crippen LogP) is 2.55. The molecule has 5 atom stereocenters. The number of piperidine rings is 1. The van der Waals surface area contributed by atoms with Crippen LogP contribution in [0.1, 0.15) is 55.1 Å². The molecule has 5 nitrogen and oxygen atoms in total. The number of ether oxygens (including phenoxy) is 1. The van der Waals surface area contributed by atoms with Crippen LogP contribution in [0.15, 0.2) is 18.3 Å². The molecule has 0 aromatic carbocycles. The Balaban J connectivity index is 1.69. The molecule has 1 amide bonds. The molecule has 25 heavy (non-hydrogen) atoms. The van der Waals surface area contributed by atoms with Gasteiger partial charge in [-0.15, -0.1) is 0 Å². The monoisotopic (exact) mass is 343 g/mol. The molecule has 3 fully saturated rings. The molecule has 1 unspecified atom stereocenters. The third-order valence-corrected chi connectivity index (χ3v) is 7.07. The number of nitrogens with zero attached hydrogens (tertiary/aromatic N) is 2. The van der Waals surface area contributed by atoms with Gasteiger partial charge in [-0.3, -0.25) is 14.7 Å². The molecule has 136 valence electrons. The lowest BCUT2D eigenvalue weighted by molar-refractivity contribution is -0.181. The number of methoxy groups -OCH3 is 1. The first-order chi connectivity index (χ1) is 12.1. The Hall–Kier alpha value is -1.46. The maximum atomic E-state index is 11.6. The molecule has 2 N–H and O–H groups in total. The van der Waals surface area contributed by atoms with Crippen molar-refractivity contribution in [2.45, 2.75) is 50.7 Å². The van der Waals surface area contributed by atoms with Crippen LogP contribution in [0.2, 0.25) is 0 Å². The highest BCUT2D eigenvalue weighted by Crippen LogP contribution is 2.52. The van der Waals surface area contributed by atoms with Gasteiger partial charge in [0.1, 0.15) is 11.3 Å². The van der Waals surface area contributed by atoms with Gasteiger partial charge >= 0.3 is 0 Å². The molecule has 1 saturated heterocycles. The molecule has 2 aliphatic carbocycles. The van der Waals surface area contributed by atoms with Crippen LogP contribution in [0, 0.1) is 17.8 Å². The molecule has 3 aliphatic rings. The molecule has 1 aromatic rings. The lowest BCUT2D eigenvalue weighted by Gasteiger charge is -2.58. The number of amides is 1. The molecule has 0 spiro atoms. The molecule has 2 bridgehead atoms. The second-order valence-electron chi connectivity index (χ2n) is 8.19. The smallest absolute Gasteiger partial charge is 0.267 e. The number of hydrogen-bond acceptors (Lipinski definition) is 4. The highest BCUT2D eigenvalue weighted by atomic mass is 16.5. The van der Waals surface area contributed by atoms with Crippen molar-refractivity contribution in [3.8, 4) is 0 Å². The van der Waals surface area contributed by atoms with Crippen molar-refractivity contribution in [3.63, 3.8) is 0 Å². The summed E-state index contributed by atoms with van der Waals surface area (Å²) in [7, 11) is 1.83. The van der Waals surface area contributed by atoms with E-state index in [1.165, 1.54) is 32.1 Å². The minimum atomic E-state index is -0.473. The molecule has 2 saturated carbocycles. The Labute approximate surface area is 149 Å². The number of rotatable bonds is 4. The Bertz CT molecular complexity index is 648. The van der Waals surface area contributed by atoms with Crippen LogP contribution < -0.4 is 5.73 Å². The Morgan fingerprint density at radius 2 is 2.00 bits per heavy atom. The normalized spacial score (nSPS) is 38.2. The summed E-state index contributed by atoms with van der Waals surface area (Å²) in [5, 5.41) is 0. The molecular formula is C20H29N3O2. The lowest BCUT2D eigenvalue weighted by atomic mass is 9.61. The Morgan fingerprint density at radius 1 is 1.28 bits per heavy atom. The van der Waals surface area contributed by atoms with Crippen molar-refractivity contribution >= 4 is 5.91 Å². The topological polar surface area (TPSA) is 68.5 Å². The minimum absolute atomic E-state index is 0.311. The zero-order valence-electron chi connectivity index (χ0n) is 15.3. The van der Waals surface area contributed by atoms with E-state index >= 15 is 0 Å². The van der Waals surface area contributed by atoms with E-state index < -0.39 is 5.91 Å². The van der Waals surface area contributed by atoms with Crippen molar-refractivity contribution < 1.29 is 9.53 Å². The highest BCUT2D eigenvalue weighted by molar-refractivity contribution is 5.90. The molecule has 0 radical (unpaired) electrons. The van der Waals surface area contributed by atoms with E-state index in [0.717, 1.165) is 30.6 Å². The van der Waals surface area contributed by atoms with Crippen molar-refractivity contribution in [1.82, 2.24) is 9.88 Å². The highest BCUT2D eigenvalue weighted by Gasteiger charge is 2.54. The third kappa shape index (κ3) is 2.59. The summed E-state index contributed by atoms with van der Waals surface area (Å²) in [4.78, 5) is 18.5. The number of likely N-dealkylation sites (tertiary alicyclic amines) is 1. The van der Waals surface area contributed by atoms with Crippen LogP contribution in [0.4, 0.5) is 0 Å². The number of pyridine rings is 1. The number of primary amides is 1. The van der Waals surface area contributed by atoms with E-state index in [9.17, 15) is 4.79 Å². The largest absolute Gasteiger partial charge is 0.373 e. The van der Waals surface area contributed by atoms with Gasteiger partial charge < -0.3 is 10.5 Å². The van der Waals surface area contributed by atoms with Crippen LogP contribution in [0.5, 0.6) is 0 Å². The van der Waals surface area contributed by atoms with Gasteiger partial charge in [-0.05, 0) is 49.3 Å². The third-order valence-electron chi connectivity index (χ3n) is 7.07. The quantitative estimate of drug-likeness (QED) is 0.912. The van der Waals surface area contributed by atoms with Crippen molar-refractivity contribution in [2.24, 2.45) is 23.5 Å². The summed E-state index contributed by atoms with van der Waals surface area (Å²) in [6.45, 7) is 4.56. The summed E-state index contributed by atoms with van der Waals surface area (Å²) < 4.78 is 6.27.